The average molecular weight is 524 g/mol. The number of esters is 1. The molecular formula is C24H14Cl2F3NO3S. The van der Waals surface area contributed by atoms with Crippen molar-refractivity contribution in [2.45, 2.75) is 12.3 Å². The van der Waals surface area contributed by atoms with Gasteiger partial charge in [-0.2, -0.15) is 13.2 Å². The number of carbonyl (C=O) groups is 2. The van der Waals surface area contributed by atoms with Gasteiger partial charge in [0.25, 0.3) is 5.91 Å². The number of benzene rings is 3. The third-order valence-electron chi connectivity index (χ3n) is 4.82. The minimum absolute atomic E-state index is 0.113. The van der Waals surface area contributed by atoms with Crippen LogP contribution in [0.4, 0.5) is 18.9 Å². The molecule has 0 aliphatic rings. The number of halogens is 5. The van der Waals surface area contributed by atoms with E-state index in [4.69, 9.17) is 27.9 Å². The van der Waals surface area contributed by atoms with Gasteiger partial charge in [-0.3, -0.25) is 4.79 Å². The Hall–Kier alpha value is -3.07. The Bertz CT molecular complexity index is 1370. The molecule has 0 unspecified atom stereocenters. The summed E-state index contributed by atoms with van der Waals surface area (Å²) in [6.45, 7) is 0. The van der Waals surface area contributed by atoms with Crippen molar-refractivity contribution in [2.75, 3.05) is 5.32 Å². The maximum absolute atomic E-state index is 13.2. The zero-order valence-electron chi connectivity index (χ0n) is 17.0. The number of fused-ring (bicyclic) bond motifs is 1. The lowest BCUT2D eigenvalue weighted by atomic mass is 10.1. The number of hydrogen-bond acceptors (Lipinski definition) is 4. The first-order valence-corrected chi connectivity index (χ1v) is 11.3. The molecular weight excluding hydrogens is 510 g/mol. The van der Waals surface area contributed by atoms with Crippen LogP contribution in [0.1, 0.15) is 26.9 Å². The second kappa shape index (κ2) is 9.66. The van der Waals surface area contributed by atoms with Crippen molar-refractivity contribution < 1.29 is 27.5 Å². The quantitative estimate of drug-likeness (QED) is 0.272. The summed E-state index contributed by atoms with van der Waals surface area (Å²) in [5, 5.41) is 2.74. The number of anilines is 1. The Morgan fingerprint density at radius 2 is 1.62 bits per heavy atom. The molecule has 0 aliphatic carbocycles. The smallest absolute Gasteiger partial charge is 0.417 e. The highest BCUT2D eigenvalue weighted by atomic mass is 35.5. The third kappa shape index (κ3) is 5.04. The van der Waals surface area contributed by atoms with Gasteiger partial charge < -0.3 is 10.1 Å². The van der Waals surface area contributed by atoms with E-state index in [1.807, 2.05) is 0 Å². The molecule has 4 aromatic rings. The van der Waals surface area contributed by atoms with Crippen LogP contribution in [0.5, 0.6) is 0 Å². The molecule has 1 heterocycles. The molecule has 4 rings (SSSR count). The molecule has 0 aliphatic heterocycles. The van der Waals surface area contributed by atoms with Gasteiger partial charge in [0, 0.05) is 21.3 Å². The van der Waals surface area contributed by atoms with Gasteiger partial charge >= 0.3 is 12.1 Å². The molecule has 1 aromatic heterocycles. The molecule has 0 spiro atoms. The van der Waals surface area contributed by atoms with Crippen molar-refractivity contribution in [1.29, 1.82) is 0 Å². The van der Waals surface area contributed by atoms with E-state index >= 15 is 0 Å². The maximum atomic E-state index is 13.2. The third-order valence-corrected chi connectivity index (χ3v) is 6.81. The second-order valence-electron chi connectivity index (χ2n) is 7.12. The predicted molar refractivity (Wildman–Crippen MR) is 127 cm³/mol. The first-order chi connectivity index (χ1) is 16.1. The van der Waals surface area contributed by atoms with Crippen LogP contribution in [-0.2, 0) is 15.7 Å². The molecule has 0 bridgehead atoms. The van der Waals surface area contributed by atoms with E-state index in [1.165, 1.54) is 6.07 Å². The summed E-state index contributed by atoms with van der Waals surface area (Å²) < 4.78 is 45.9. The molecule has 0 radical (unpaired) electrons. The Balaban J connectivity index is 1.64. The van der Waals surface area contributed by atoms with E-state index in [9.17, 15) is 22.8 Å². The summed E-state index contributed by atoms with van der Waals surface area (Å²) in [5.41, 5.74) is -0.925. The van der Waals surface area contributed by atoms with Gasteiger partial charge in [0.05, 0.1) is 15.6 Å². The average Bonchev–Trinajstić information content (AvgIpc) is 3.15. The number of carbonyl (C=O) groups excluding carboxylic acids is 2. The number of alkyl halides is 3. The number of ether oxygens (including phenoxy) is 1. The Labute approximate surface area is 205 Å². The molecule has 1 N–H and O–H groups in total. The predicted octanol–water partition coefficient (Wildman–Crippen LogP) is 7.76. The zero-order chi connectivity index (χ0) is 24.5. The topological polar surface area (TPSA) is 55.4 Å². The van der Waals surface area contributed by atoms with Crippen molar-refractivity contribution in [2.24, 2.45) is 0 Å². The van der Waals surface area contributed by atoms with Gasteiger partial charge in [0.15, 0.2) is 0 Å². The van der Waals surface area contributed by atoms with E-state index in [0.29, 0.717) is 17.0 Å². The van der Waals surface area contributed by atoms with Crippen LogP contribution in [-0.4, -0.2) is 11.9 Å². The van der Waals surface area contributed by atoms with Crippen LogP contribution in [0, 0.1) is 0 Å². The summed E-state index contributed by atoms with van der Waals surface area (Å²) in [5.74, 6) is -1.67. The van der Waals surface area contributed by atoms with Crippen LogP contribution in [0.2, 0.25) is 10.0 Å². The minimum Gasteiger partial charge on any atom is -0.443 e. The summed E-state index contributed by atoms with van der Waals surface area (Å²) in [6, 6.07) is 18.2. The second-order valence-corrected chi connectivity index (χ2v) is 8.96. The zero-order valence-corrected chi connectivity index (χ0v) is 19.4. The molecule has 1 atom stereocenters. The van der Waals surface area contributed by atoms with Crippen LogP contribution in [0.3, 0.4) is 0 Å². The van der Waals surface area contributed by atoms with Crippen molar-refractivity contribution in [1.82, 2.24) is 0 Å². The van der Waals surface area contributed by atoms with Crippen LogP contribution in [0.25, 0.3) is 10.1 Å². The number of amides is 1. The largest absolute Gasteiger partial charge is 0.443 e. The van der Waals surface area contributed by atoms with E-state index in [-0.39, 0.29) is 15.6 Å². The standard InChI is InChI=1S/C24H14Cl2F3NO3S/c25-17-11-10-14(12-16(17)24(27,28)29)30-22(31)20(13-6-2-1-3-7-13)33-23(32)21-19(26)15-8-4-5-9-18(15)34-21/h1-12,20H,(H,30,31)/t20-/m1/s1. The van der Waals surface area contributed by atoms with Crippen LogP contribution < -0.4 is 5.32 Å². The normalized spacial score (nSPS) is 12.4. The summed E-state index contributed by atoms with van der Waals surface area (Å²) >= 11 is 13.1. The Morgan fingerprint density at radius 1 is 0.941 bits per heavy atom. The van der Waals surface area contributed by atoms with Crippen molar-refractivity contribution in [3.05, 3.63) is 98.8 Å². The summed E-state index contributed by atoms with van der Waals surface area (Å²) in [7, 11) is 0. The van der Waals surface area contributed by atoms with Crippen molar-refractivity contribution in [3.63, 3.8) is 0 Å². The number of rotatable bonds is 5. The van der Waals surface area contributed by atoms with Gasteiger partial charge in [0.1, 0.15) is 4.88 Å². The van der Waals surface area contributed by atoms with Crippen LogP contribution in [0.15, 0.2) is 72.8 Å². The molecule has 174 valence electrons. The summed E-state index contributed by atoms with van der Waals surface area (Å²) in [4.78, 5) is 26.1. The minimum atomic E-state index is -4.71. The fourth-order valence-electron chi connectivity index (χ4n) is 3.23. The highest BCUT2D eigenvalue weighted by molar-refractivity contribution is 7.21. The van der Waals surface area contributed by atoms with E-state index < -0.39 is 34.7 Å². The number of thiophene rings is 1. The molecule has 0 fully saturated rings. The van der Waals surface area contributed by atoms with Gasteiger partial charge in [-0.1, -0.05) is 71.7 Å². The lowest BCUT2D eigenvalue weighted by Gasteiger charge is -2.18. The molecule has 1 amide bonds. The van der Waals surface area contributed by atoms with Crippen molar-refractivity contribution in [3.8, 4) is 0 Å². The van der Waals surface area contributed by atoms with Crippen molar-refractivity contribution >= 4 is 62.2 Å². The molecule has 34 heavy (non-hydrogen) atoms. The first-order valence-electron chi connectivity index (χ1n) is 9.75. The molecule has 0 saturated heterocycles. The lowest BCUT2D eigenvalue weighted by Crippen LogP contribution is -2.26. The fraction of sp³-hybridized carbons (Fsp3) is 0.0833. The molecule has 3 aromatic carbocycles. The van der Waals surface area contributed by atoms with E-state index in [2.05, 4.69) is 5.32 Å². The van der Waals surface area contributed by atoms with Crippen LogP contribution >= 0.6 is 34.5 Å². The SMILES string of the molecule is O=C(O[C@@H](C(=O)Nc1ccc(Cl)c(C(F)(F)F)c1)c1ccccc1)c1sc2ccccc2c1Cl. The first kappa shape index (κ1) is 24.1. The van der Waals surface area contributed by atoms with Gasteiger partial charge in [-0.25, -0.2) is 4.79 Å². The number of nitrogens with one attached hydrogen (secondary N) is 1. The highest BCUT2D eigenvalue weighted by Crippen LogP contribution is 2.38. The molecule has 0 saturated carbocycles. The van der Waals surface area contributed by atoms with Gasteiger partial charge in [-0.05, 0) is 24.3 Å². The Morgan fingerprint density at radius 3 is 2.29 bits per heavy atom. The molecule has 4 nitrogen and oxygen atoms in total. The van der Waals surface area contributed by atoms with Gasteiger partial charge in [-0.15, -0.1) is 11.3 Å². The van der Waals surface area contributed by atoms with E-state index in [0.717, 1.165) is 22.1 Å². The molecule has 10 heteroatoms. The maximum Gasteiger partial charge on any atom is 0.417 e. The fourth-order valence-corrected chi connectivity index (χ4v) is 4.85. The highest BCUT2D eigenvalue weighted by Gasteiger charge is 2.34. The van der Waals surface area contributed by atoms with E-state index in [1.54, 1.807) is 54.6 Å². The lowest BCUT2D eigenvalue weighted by molar-refractivity contribution is -0.137. The number of hydrogen-bond donors (Lipinski definition) is 1. The van der Waals surface area contributed by atoms with Gasteiger partial charge in [0.2, 0.25) is 6.10 Å². The monoisotopic (exact) mass is 523 g/mol. The summed E-state index contributed by atoms with van der Waals surface area (Å²) in [6.07, 6.45) is -6.15. The Kier molecular flexibility index (Phi) is 6.84.